The minimum absolute atomic E-state index is 0.165. The lowest BCUT2D eigenvalue weighted by atomic mass is 9.96. The topological polar surface area (TPSA) is 23.5 Å². The first-order valence-electron chi connectivity index (χ1n) is 7.09. The van der Waals surface area contributed by atoms with Crippen LogP contribution in [0, 0.1) is 5.92 Å². The van der Waals surface area contributed by atoms with E-state index in [4.69, 9.17) is 0 Å². The third-order valence-electron chi connectivity index (χ3n) is 4.02. The van der Waals surface area contributed by atoms with E-state index >= 15 is 0 Å². The van der Waals surface area contributed by atoms with E-state index in [0.29, 0.717) is 26.1 Å². The molecule has 0 bridgehead atoms. The fraction of sp³-hybridized carbons (Fsp3) is 0.600. The Kier molecular flexibility index (Phi) is 5.68. The Morgan fingerprint density at radius 2 is 1.76 bits per heavy atom. The Bertz CT molecular complexity index is 441. The molecule has 0 aromatic heterocycles. The molecule has 0 radical (unpaired) electrons. The number of hydrogen-bond donors (Lipinski definition) is 1. The van der Waals surface area contributed by atoms with Crippen molar-refractivity contribution in [3.63, 3.8) is 0 Å². The maximum absolute atomic E-state index is 12.6. The Morgan fingerprint density at radius 1 is 1.19 bits per heavy atom. The average Bonchev–Trinajstić information content (AvgIpc) is 2.45. The maximum Gasteiger partial charge on any atom is 0.391 e. The summed E-state index contributed by atoms with van der Waals surface area (Å²) >= 11 is 3.34. The molecule has 1 atom stereocenters. The summed E-state index contributed by atoms with van der Waals surface area (Å²) in [5.74, 6) is -1.16. The van der Waals surface area contributed by atoms with Crippen molar-refractivity contribution in [3.8, 4) is 0 Å². The normalized spacial score (nSPS) is 19.7. The van der Waals surface area contributed by atoms with Gasteiger partial charge in [-0.25, -0.2) is 0 Å². The summed E-state index contributed by atoms with van der Waals surface area (Å²) in [6, 6.07) is 7.44. The molecule has 21 heavy (non-hydrogen) atoms. The molecule has 6 heteroatoms. The van der Waals surface area contributed by atoms with E-state index in [1.807, 2.05) is 29.2 Å². The lowest BCUT2D eigenvalue weighted by Crippen LogP contribution is -2.39. The molecule has 2 rings (SSSR count). The van der Waals surface area contributed by atoms with E-state index in [1.54, 1.807) is 0 Å². The second-order valence-corrected chi connectivity index (χ2v) is 6.43. The van der Waals surface area contributed by atoms with Crippen LogP contribution in [0.3, 0.4) is 0 Å². The summed E-state index contributed by atoms with van der Waals surface area (Å²) in [5, 5.41) is 10.1. The smallest absolute Gasteiger partial charge is 0.388 e. The molecule has 1 N–H and O–H groups in total. The number of aliphatic hydroxyl groups is 1. The highest BCUT2D eigenvalue weighted by Gasteiger charge is 2.40. The molecule has 118 valence electrons. The highest BCUT2D eigenvalue weighted by molar-refractivity contribution is 9.10. The van der Waals surface area contributed by atoms with Crippen molar-refractivity contribution in [2.45, 2.75) is 31.5 Å². The van der Waals surface area contributed by atoms with Crippen LogP contribution in [0.5, 0.6) is 0 Å². The average molecular weight is 366 g/mol. The Morgan fingerprint density at radius 3 is 2.29 bits per heavy atom. The highest BCUT2D eigenvalue weighted by Crippen LogP contribution is 2.34. The first-order chi connectivity index (χ1) is 9.86. The fourth-order valence-electron chi connectivity index (χ4n) is 2.64. The van der Waals surface area contributed by atoms with E-state index in [1.165, 1.54) is 0 Å². The Labute approximate surface area is 131 Å². The third kappa shape index (κ3) is 4.97. The van der Waals surface area contributed by atoms with Crippen molar-refractivity contribution < 1.29 is 18.3 Å². The number of halogens is 4. The molecule has 1 aliphatic heterocycles. The highest BCUT2D eigenvalue weighted by atomic mass is 79.9. The summed E-state index contributed by atoms with van der Waals surface area (Å²) in [6.07, 6.45) is -3.77. The molecule has 0 amide bonds. The standard InChI is InChI=1S/C15H19BrF3NO/c16-13-3-1-11(2-4-13)14(21)7-10-20-8-5-12(6-9-20)15(17,18)19/h1-4,12,14,21H,5-10H2. The summed E-state index contributed by atoms with van der Waals surface area (Å²) < 4.78 is 38.7. The van der Waals surface area contributed by atoms with Gasteiger partial charge in [0.2, 0.25) is 0 Å². The summed E-state index contributed by atoms with van der Waals surface area (Å²) in [4.78, 5) is 2.00. The van der Waals surface area contributed by atoms with Gasteiger partial charge in [-0.3, -0.25) is 0 Å². The van der Waals surface area contributed by atoms with E-state index in [2.05, 4.69) is 15.9 Å². The molecule has 1 aromatic carbocycles. The van der Waals surface area contributed by atoms with Gasteiger partial charge in [0.1, 0.15) is 0 Å². The minimum Gasteiger partial charge on any atom is -0.388 e. The van der Waals surface area contributed by atoms with Crippen LogP contribution < -0.4 is 0 Å². The molecular formula is C15H19BrF3NO. The molecule has 1 fully saturated rings. The van der Waals surface area contributed by atoms with E-state index in [0.717, 1.165) is 10.0 Å². The van der Waals surface area contributed by atoms with Crippen LogP contribution >= 0.6 is 15.9 Å². The van der Waals surface area contributed by atoms with Gasteiger partial charge in [0.25, 0.3) is 0 Å². The number of alkyl halides is 3. The molecule has 1 unspecified atom stereocenters. The SMILES string of the molecule is OC(CCN1CCC(C(F)(F)F)CC1)c1ccc(Br)cc1. The minimum atomic E-state index is -4.07. The van der Waals surface area contributed by atoms with Crippen molar-refractivity contribution in [1.29, 1.82) is 0 Å². The molecule has 0 spiro atoms. The molecule has 0 aliphatic carbocycles. The van der Waals surface area contributed by atoms with E-state index < -0.39 is 18.2 Å². The van der Waals surface area contributed by atoms with Crippen LogP contribution in [0.25, 0.3) is 0 Å². The predicted molar refractivity (Wildman–Crippen MR) is 78.9 cm³/mol. The molecule has 0 saturated carbocycles. The van der Waals surface area contributed by atoms with Crippen molar-refractivity contribution in [1.82, 2.24) is 4.90 Å². The molecule has 1 heterocycles. The number of aliphatic hydroxyl groups excluding tert-OH is 1. The molecule has 1 aromatic rings. The first kappa shape index (κ1) is 16.8. The number of piperidine rings is 1. The van der Waals surface area contributed by atoms with E-state index in [-0.39, 0.29) is 12.8 Å². The van der Waals surface area contributed by atoms with Crippen LogP contribution in [0.4, 0.5) is 13.2 Å². The van der Waals surface area contributed by atoms with Crippen molar-refractivity contribution in [2.24, 2.45) is 5.92 Å². The zero-order valence-electron chi connectivity index (χ0n) is 11.6. The monoisotopic (exact) mass is 365 g/mol. The van der Waals surface area contributed by atoms with E-state index in [9.17, 15) is 18.3 Å². The Hall–Kier alpha value is -0.590. The lowest BCUT2D eigenvalue weighted by Gasteiger charge is -2.33. The number of nitrogens with zero attached hydrogens (tertiary/aromatic N) is 1. The summed E-state index contributed by atoms with van der Waals surface area (Å²) in [5.41, 5.74) is 0.836. The van der Waals surface area contributed by atoms with Gasteiger partial charge in [-0.15, -0.1) is 0 Å². The summed E-state index contributed by atoms with van der Waals surface area (Å²) in [7, 11) is 0. The third-order valence-corrected chi connectivity index (χ3v) is 4.55. The fourth-order valence-corrected chi connectivity index (χ4v) is 2.90. The Balaban J connectivity index is 1.76. The van der Waals surface area contributed by atoms with Crippen LogP contribution in [0.15, 0.2) is 28.7 Å². The largest absolute Gasteiger partial charge is 0.391 e. The quantitative estimate of drug-likeness (QED) is 0.866. The molecule has 2 nitrogen and oxygen atoms in total. The first-order valence-corrected chi connectivity index (χ1v) is 7.88. The number of rotatable bonds is 4. The zero-order valence-corrected chi connectivity index (χ0v) is 13.2. The van der Waals surface area contributed by atoms with Gasteiger partial charge in [-0.2, -0.15) is 13.2 Å². The number of hydrogen-bond acceptors (Lipinski definition) is 2. The van der Waals surface area contributed by atoms with Gasteiger partial charge >= 0.3 is 6.18 Å². The molecule has 1 saturated heterocycles. The van der Waals surface area contributed by atoms with Gasteiger partial charge in [0, 0.05) is 11.0 Å². The number of benzene rings is 1. The van der Waals surface area contributed by atoms with Gasteiger partial charge in [0.15, 0.2) is 0 Å². The second-order valence-electron chi connectivity index (χ2n) is 5.51. The number of likely N-dealkylation sites (tertiary alicyclic amines) is 1. The second kappa shape index (κ2) is 7.11. The predicted octanol–water partition coefficient (Wildman–Crippen LogP) is 4.15. The van der Waals surface area contributed by atoms with Crippen LogP contribution in [0.1, 0.15) is 30.9 Å². The van der Waals surface area contributed by atoms with Crippen LogP contribution in [-0.2, 0) is 0 Å². The van der Waals surface area contributed by atoms with Crippen LogP contribution in [-0.4, -0.2) is 35.8 Å². The van der Waals surface area contributed by atoms with Gasteiger partial charge < -0.3 is 10.0 Å². The van der Waals surface area contributed by atoms with Crippen LogP contribution in [0.2, 0.25) is 0 Å². The lowest BCUT2D eigenvalue weighted by molar-refractivity contribution is -0.185. The van der Waals surface area contributed by atoms with Crippen molar-refractivity contribution in [2.75, 3.05) is 19.6 Å². The molecule has 1 aliphatic rings. The van der Waals surface area contributed by atoms with Gasteiger partial charge in [-0.1, -0.05) is 28.1 Å². The molecular weight excluding hydrogens is 347 g/mol. The van der Waals surface area contributed by atoms with Crippen molar-refractivity contribution in [3.05, 3.63) is 34.3 Å². The van der Waals surface area contributed by atoms with Gasteiger partial charge in [-0.05, 0) is 50.0 Å². The van der Waals surface area contributed by atoms with Crippen molar-refractivity contribution >= 4 is 15.9 Å². The maximum atomic E-state index is 12.6. The zero-order chi connectivity index (χ0) is 15.5. The summed E-state index contributed by atoms with van der Waals surface area (Å²) in [6.45, 7) is 1.54. The van der Waals surface area contributed by atoms with Gasteiger partial charge in [0.05, 0.1) is 12.0 Å².